The number of nitrogens with one attached hydrogen (secondary N) is 1. The number of sulfonamides is 1. The van der Waals surface area contributed by atoms with Crippen molar-refractivity contribution in [1.82, 2.24) is 9.62 Å². The number of fused-ring (bicyclic) bond motifs is 1. The molecular formula is C15H18N2O2S. The molecule has 1 heterocycles. The van der Waals surface area contributed by atoms with Crippen LogP contribution in [0.5, 0.6) is 0 Å². The minimum Gasteiger partial charge on any atom is -0.315 e. The van der Waals surface area contributed by atoms with Crippen molar-refractivity contribution in [2.45, 2.75) is 17.4 Å². The van der Waals surface area contributed by atoms with Gasteiger partial charge in [-0.25, -0.2) is 8.42 Å². The lowest BCUT2D eigenvalue weighted by Crippen LogP contribution is -2.38. The van der Waals surface area contributed by atoms with Crippen molar-refractivity contribution >= 4 is 20.8 Å². The van der Waals surface area contributed by atoms with Gasteiger partial charge in [0.2, 0.25) is 10.0 Å². The summed E-state index contributed by atoms with van der Waals surface area (Å²) in [5.74, 6) is 0. The molecule has 0 amide bonds. The zero-order valence-corrected chi connectivity index (χ0v) is 12.2. The van der Waals surface area contributed by atoms with E-state index in [-0.39, 0.29) is 6.04 Å². The van der Waals surface area contributed by atoms with E-state index in [4.69, 9.17) is 0 Å². The van der Waals surface area contributed by atoms with Crippen molar-refractivity contribution in [2.24, 2.45) is 0 Å². The van der Waals surface area contributed by atoms with Crippen LogP contribution in [0.3, 0.4) is 0 Å². The molecule has 20 heavy (non-hydrogen) atoms. The van der Waals surface area contributed by atoms with E-state index in [0.717, 1.165) is 30.3 Å². The molecular weight excluding hydrogens is 272 g/mol. The summed E-state index contributed by atoms with van der Waals surface area (Å²) in [5.41, 5.74) is 0. The lowest BCUT2D eigenvalue weighted by Gasteiger charge is -2.23. The van der Waals surface area contributed by atoms with E-state index in [1.807, 2.05) is 30.3 Å². The molecule has 0 unspecified atom stereocenters. The second kappa shape index (κ2) is 5.16. The van der Waals surface area contributed by atoms with Gasteiger partial charge < -0.3 is 5.32 Å². The summed E-state index contributed by atoms with van der Waals surface area (Å²) < 4.78 is 26.8. The van der Waals surface area contributed by atoms with E-state index in [0.29, 0.717) is 4.90 Å². The first-order chi connectivity index (χ1) is 9.59. The molecule has 106 valence electrons. The smallest absolute Gasteiger partial charge is 0.243 e. The molecule has 4 nitrogen and oxygen atoms in total. The second-order valence-electron chi connectivity index (χ2n) is 5.18. The molecule has 3 rings (SSSR count). The van der Waals surface area contributed by atoms with E-state index in [1.54, 1.807) is 19.2 Å². The number of likely N-dealkylation sites (N-methyl/N-ethyl adjacent to an activating group) is 1. The number of benzene rings is 2. The molecule has 2 aromatic rings. The molecule has 0 saturated carbocycles. The normalized spacial score (nSPS) is 19.8. The first-order valence-electron chi connectivity index (χ1n) is 6.76. The SMILES string of the molecule is CN([C@@H]1CCNC1)S(=O)(=O)c1ccc2ccccc2c1. The maximum absolute atomic E-state index is 12.7. The summed E-state index contributed by atoms with van der Waals surface area (Å²) in [5, 5.41) is 5.20. The topological polar surface area (TPSA) is 49.4 Å². The number of nitrogens with zero attached hydrogens (tertiary/aromatic N) is 1. The summed E-state index contributed by atoms with van der Waals surface area (Å²) in [6.07, 6.45) is 0.864. The standard InChI is InChI=1S/C15H18N2O2S/c1-17(14-8-9-16-11-14)20(18,19)15-7-6-12-4-2-3-5-13(12)10-15/h2-7,10,14,16H,8-9,11H2,1H3/t14-/m1/s1. The molecule has 2 aromatic carbocycles. The van der Waals surface area contributed by atoms with Crippen LogP contribution < -0.4 is 5.32 Å². The highest BCUT2D eigenvalue weighted by molar-refractivity contribution is 7.89. The summed E-state index contributed by atoms with van der Waals surface area (Å²) in [4.78, 5) is 0.366. The van der Waals surface area contributed by atoms with Gasteiger partial charge in [-0.15, -0.1) is 0 Å². The van der Waals surface area contributed by atoms with E-state index >= 15 is 0 Å². The van der Waals surface area contributed by atoms with E-state index in [2.05, 4.69) is 5.32 Å². The van der Waals surface area contributed by atoms with Gasteiger partial charge >= 0.3 is 0 Å². The summed E-state index contributed by atoms with van der Waals surface area (Å²) in [6.45, 7) is 1.60. The monoisotopic (exact) mass is 290 g/mol. The Morgan fingerprint density at radius 2 is 1.90 bits per heavy atom. The van der Waals surface area contributed by atoms with Gasteiger partial charge in [0.1, 0.15) is 0 Å². The molecule has 0 bridgehead atoms. The fourth-order valence-corrected chi connectivity index (χ4v) is 4.06. The maximum atomic E-state index is 12.7. The summed E-state index contributed by atoms with van der Waals surface area (Å²) >= 11 is 0. The molecule has 5 heteroatoms. The van der Waals surface area contributed by atoms with Crippen molar-refractivity contribution in [3.63, 3.8) is 0 Å². The zero-order chi connectivity index (χ0) is 14.2. The first kappa shape index (κ1) is 13.5. The van der Waals surface area contributed by atoms with Crippen LogP contribution in [0.4, 0.5) is 0 Å². The van der Waals surface area contributed by atoms with Gasteiger partial charge in [0.25, 0.3) is 0 Å². The number of rotatable bonds is 3. The van der Waals surface area contributed by atoms with E-state index in [1.165, 1.54) is 4.31 Å². The molecule has 1 N–H and O–H groups in total. The number of hydrogen-bond donors (Lipinski definition) is 1. The third-order valence-electron chi connectivity index (χ3n) is 3.95. The third-order valence-corrected chi connectivity index (χ3v) is 5.85. The third kappa shape index (κ3) is 2.32. The largest absolute Gasteiger partial charge is 0.315 e. The van der Waals surface area contributed by atoms with Crippen molar-refractivity contribution in [3.8, 4) is 0 Å². The Kier molecular flexibility index (Phi) is 3.50. The quantitative estimate of drug-likeness (QED) is 0.938. The molecule has 1 aliphatic rings. The van der Waals surface area contributed by atoms with Crippen molar-refractivity contribution in [2.75, 3.05) is 20.1 Å². The van der Waals surface area contributed by atoms with Gasteiger partial charge in [0, 0.05) is 19.6 Å². The van der Waals surface area contributed by atoms with Gasteiger partial charge in [-0.3, -0.25) is 0 Å². The van der Waals surface area contributed by atoms with Gasteiger partial charge in [0.15, 0.2) is 0 Å². The van der Waals surface area contributed by atoms with Crippen LogP contribution in [0.2, 0.25) is 0 Å². The Balaban J connectivity index is 1.99. The predicted molar refractivity (Wildman–Crippen MR) is 80.2 cm³/mol. The average Bonchev–Trinajstić information content (AvgIpc) is 3.00. The highest BCUT2D eigenvalue weighted by atomic mass is 32.2. The van der Waals surface area contributed by atoms with Crippen LogP contribution in [0.1, 0.15) is 6.42 Å². The predicted octanol–water partition coefficient (Wildman–Crippen LogP) is 1.82. The van der Waals surface area contributed by atoms with Crippen LogP contribution in [0.25, 0.3) is 10.8 Å². The van der Waals surface area contributed by atoms with E-state index in [9.17, 15) is 8.42 Å². The minimum absolute atomic E-state index is 0.0477. The zero-order valence-electron chi connectivity index (χ0n) is 11.4. The average molecular weight is 290 g/mol. The Morgan fingerprint density at radius 3 is 2.60 bits per heavy atom. The fourth-order valence-electron chi connectivity index (χ4n) is 2.64. The molecule has 0 radical (unpaired) electrons. The molecule has 1 saturated heterocycles. The maximum Gasteiger partial charge on any atom is 0.243 e. The molecule has 0 aromatic heterocycles. The lowest BCUT2D eigenvalue weighted by atomic mass is 10.1. The summed E-state index contributed by atoms with van der Waals surface area (Å²) in [7, 11) is -1.75. The van der Waals surface area contributed by atoms with Crippen LogP contribution in [-0.4, -0.2) is 38.9 Å². The van der Waals surface area contributed by atoms with Crippen LogP contribution in [0, 0.1) is 0 Å². The van der Waals surface area contributed by atoms with Crippen molar-refractivity contribution < 1.29 is 8.42 Å². The van der Waals surface area contributed by atoms with Crippen LogP contribution >= 0.6 is 0 Å². The van der Waals surface area contributed by atoms with Gasteiger partial charge in [0.05, 0.1) is 4.90 Å². The second-order valence-corrected chi connectivity index (χ2v) is 7.17. The first-order valence-corrected chi connectivity index (χ1v) is 8.20. The molecule has 1 atom stereocenters. The van der Waals surface area contributed by atoms with Crippen LogP contribution in [-0.2, 0) is 10.0 Å². The van der Waals surface area contributed by atoms with Gasteiger partial charge in [-0.1, -0.05) is 30.3 Å². The lowest BCUT2D eigenvalue weighted by molar-refractivity contribution is 0.388. The highest BCUT2D eigenvalue weighted by Gasteiger charge is 2.29. The minimum atomic E-state index is -3.42. The Labute approximate surface area is 119 Å². The van der Waals surface area contributed by atoms with Crippen molar-refractivity contribution in [3.05, 3.63) is 42.5 Å². The van der Waals surface area contributed by atoms with Crippen molar-refractivity contribution in [1.29, 1.82) is 0 Å². The Bertz CT molecular complexity index is 721. The fraction of sp³-hybridized carbons (Fsp3) is 0.333. The Morgan fingerprint density at radius 1 is 1.15 bits per heavy atom. The van der Waals surface area contributed by atoms with Crippen LogP contribution in [0.15, 0.2) is 47.4 Å². The van der Waals surface area contributed by atoms with E-state index < -0.39 is 10.0 Å². The van der Waals surface area contributed by atoms with Gasteiger partial charge in [-0.05, 0) is 35.9 Å². The highest BCUT2D eigenvalue weighted by Crippen LogP contribution is 2.23. The van der Waals surface area contributed by atoms with Gasteiger partial charge in [-0.2, -0.15) is 4.31 Å². The molecule has 1 fully saturated rings. The Hall–Kier alpha value is -1.43. The summed E-state index contributed by atoms with van der Waals surface area (Å²) in [6, 6.07) is 13.1. The number of hydrogen-bond acceptors (Lipinski definition) is 3. The molecule has 0 spiro atoms. The molecule has 0 aliphatic carbocycles. The molecule has 1 aliphatic heterocycles.